The molecular formula is C18H13BrClN3O2. The van der Waals surface area contributed by atoms with Gasteiger partial charge in [-0.25, -0.2) is 0 Å². The van der Waals surface area contributed by atoms with E-state index >= 15 is 0 Å². The van der Waals surface area contributed by atoms with Gasteiger partial charge in [0.05, 0.1) is 10.7 Å². The Morgan fingerprint density at radius 1 is 1.12 bits per heavy atom. The number of amides is 1. The van der Waals surface area contributed by atoms with Crippen molar-refractivity contribution in [3.63, 3.8) is 0 Å². The third kappa shape index (κ3) is 3.65. The number of hydrogen-bond acceptors (Lipinski definition) is 3. The van der Waals surface area contributed by atoms with Crippen molar-refractivity contribution in [2.24, 2.45) is 7.05 Å². The Balaban J connectivity index is 1.99. The van der Waals surface area contributed by atoms with Crippen LogP contribution < -0.4 is 5.32 Å². The van der Waals surface area contributed by atoms with E-state index in [0.717, 1.165) is 4.47 Å². The number of carbonyl (C=O) groups excluding carboxylic acids is 2. The maximum Gasteiger partial charge on any atom is 0.273 e. The third-order valence-electron chi connectivity index (χ3n) is 3.65. The molecule has 0 unspecified atom stereocenters. The number of hydrogen-bond donors (Lipinski definition) is 1. The van der Waals surface area contributed by atoms with Gasteiger partial charge < -0.3 is 5.32 Å². The molecule has 25 heavy (non-hydrogen) atoms. The van der Waals surface area contributed by atoms with Crippen molar-refractivity contribution in [3.05, 3.63) is 81.0 Å². The quantitative estimate of drug-likeness (QED) is 0.642. The van der Waals surface area contributed by atoms with E-state index < -0.39 is 0 Å². The SMILES string of the molecule is Cn1nccc1C(=O)Nc1ccc(Br)cc1C(=O)c1ccccc1Cl. The molecule has 0 aliphatic heterocycles. The minimum atomic E-state index is -0.351. The first-order chi connectivity index (χ1) is 12.0. The Hall–Kier alpha value is -2.44. The van der Waals surface area contributed by atoms with Gasteiger partial charge in [0.25, 0.3) is 5.91 Å². The molecule has 0 saturated carbocycles. The molecule has 1 N–H and O–H groups in total. The van der Waals surface area contributed by atoms with Crippen LogP contribution in [-0.2, 0) is 7.05 Å². The fourth-order valence-electron chi connectivity index (χ4n) is 2.39. The second kappa shape index (κ2) is 7.21. The molecule has 3 rings (SSSR count). The first-order valence-corrected chi connectivity index (χ1v) is 8.52. The molecule has 3 aromatic rings. The molecule has 0 aliphatic rings. The van der Waals surface area contributed by atoms with Gasteiger partial charge in [0.2, 0.25) is 0 Å². The van der Waals surface area contributed by atoms with Gasteiger partial charge in [-0.15, -0.1) is 0 Å². The van der Waals surface area contributed by atoms with Gasteiger partial charge in [0.1, 0.15) is 5.69 Å². The lowest BCUT2D eigenvalue weighted by Gasteiger charge is -2.12. The van der Waals surface area contributed by atoms with E-state index in [2.05, 4.69) is 26.3 Å². The predicted octanol–water partition coefficient (Wildman–Crippen LogP) is 4.32. The summed E-state index contributed by atoms with van der Waals surface area (Å²) in [5.41, 5.74) is 1.51. The van der Waals surface area contributed by atoms with Crippen LogP contribution in [-0.4, -0.2) is 21.5 Å². The summed E-state index contributed by atoms with van der Waals surface area (Å²) in [5, 5.41) is 7.10. The normalized spacial score (nSPS) is 10.5. The van der Waals surface area contributed by atoms with Gasteiger partial charge in [0.15, 0.2) is 5.78 Å². The lowest BCUT2D eigenvalue weighted by atomic mass is 10.0. The monoisotopic (exact) mass is 417 g/mol. The van der Waals surface area contributed by atoms with Gasteiger partial charge >= 0.3 is 0 Å². The van der Waals surface area contributed by atoms with Gasteiger partial charge in [-0.05, 0) is 36.4 Å². The first-order valence-electron chi connectivity index (χ1n) is 7.35. The summed E-state index contributed by atoms with van der Waals surface area (Å²) in [5.74, 6) is -0.622. The van der Waals surface area contributed by atoms with Crippen LogP contribution in [0.15, 0.2) is 59.2 Å². The highest BCUT2D eigenvalue weighted by molar-refractivity contribution is 9.10. The van der Waals surface area contributed by atoms with Crippen molar-refractivity contribution in [3.8, 4) is 0 Å². The summed E-state index contributed by atoms with van der Waals surface area (Å²) < 4.78 is 2.19. The largest absolute Gasteiger partial charge is 0.320 e. The second-order valence-electron chi connectivity index (χ2n) is 5.29. The molecule has 1 aromatic heterocycles. The van der Waals surface area contributed by atoms with E-state index in [1.54, 1.807) is 55.6 Å². The molecule has 1 heterocycles. The molecular weight excluding hydrogens is 406 g/mol. The lowest BCUT2D eigenvalue weighted by molar-refractivity contribution is 0.101. The fraction of sp³-hybridized carbons (Fsp3) is 0.0556. The lowest BCUT2D eigenvalue weighted by Crippen LogP contribution is -2.18. The van der Waals surface area contributed by atoms with Crippen LogP contribution in [0.1, 0.15) is 26.4 Å². The zero-order valence-corrected chi connectivity index (χ0v) is 15.5. The van der Waals surface area contributed by atoms with Crippen LogP contribution in [0.4, 0.5) is 5.69 Å². The zero-order valence-electron chi connectivity index (χ0n) is 13.2. The van der Waals surface area contributed by atoms with Crippen LogP contribution in [0.25, 0.3) is 0 Å². The highest BCUT2D eigenvalue weighted by atomic mass is 79.9. The number of halogens is 2. The number of benzene rings is 2. The number of nitrogens with zero attached hydrogens (tertiary/aromatic N) is 2. The molecule has 0 spiro atoms. The standard InChI is InChI=1S/C18H13BrClN3O2/c1-23-16(8-9-21-23)18(25)22-15-7-6-11(19)10-13(15)17(24)12-4-2-3-5-14(12)20/h2-10H,1H3,(H,22,25). The zero-order chi connectivity index (χ0) is 18.0. The molecule has 1 amide bonds. The Kier molecular flexibility index (Phi) is 5.01. The number of ketones is 1. The molecule has 2 aromatic carbocycles. The predicted molar refractivity (Wildman–Crippen MR) is 100 cm³/mol. The summed E-state index contributed by atoms with van der Waals surface area (Å²) in [7, 11) is 1.67. The average Bonchev–Trinajstić information content (AvgIpc) is 3.02. The van der Waals surface area contributed by atoms with Crippen molar-refractivity contribution in [2.45, 2.75) is 0 Å². The van der Waals surface area contributed by atoms with Crippen LogP contribution in [0.2, 0.25) is 5.02 Å². The van der Waals surface area contributed by atoms with E-state index in [9.17, 15) is 9.59 Å². The Labute approximate surface area is 157 Å². The van der Waals surface area contributed by atoms with Crippen molar-refractivity contribution in [2.75, 3.05) is 5.32 Å². The molecule has 126 valence electrons. The van der Waals surface area contributed by atoms with E-state index in [1.165, 1.54) is 10.9 Å². The van der Waals surface area contributed by atoms with E-state index in [0.29, 0.717) is 27.5 Å². The van der Waals surface area contributed by atoms with Crippen molar-refractivity contribution >= 4 is 44.9 Å². The molecule has 0 atom stereocenters. The number of aryl methyl sites for hydroxylation is 1. The maximum atomic E-state index is 12.9. The van der Waals surface area contributed by atoms with Gasteiger partial charge in [-0.1, -0.05) is 39.7 Å². The van der Waals surface area contributed by atoms with Gasteiger partial charge in [-0.3, -0.25) is 14.3 Å². The molecule has 0 saturated heterocycles. The summed E-state index contributed by atoms with van der Waals surface area (Å²) in [6.45, 7) is 0. The van der Waals surface area contributed by atoms with Crippen molar-refractivity contribution in [1.82, 2.24) is 9.78 Å². The molecule has 7 heteroatoms. The van der Waals surface area contributed by atoms with Crippen LogP contribution in [0.5, 0.6) is 0 Å². The smallest absolute Gasteiger partial charge is 0.273 e. The van der Waals surface area contributed by atoms with Gasteiger partial charge in [-0.2, -0.15) is 5.10 Å². The first kappa shape index (κ1) is 17.4. The fourth-order valence-corrected chi connectivity index (χ4v) is 2.97. The van der Waals surface area contributed by atoms with Crippen molar-refractivity contribution in [1.29, 1.82) is 0 Å². The number of aromatic nitrogens is 2. The average molecular weight is 419 g/mol. The van der Waals surface area contributed by atoms with E-state index in [1.807, 2.05) is 0 Å². The molecule has 0 fully saturated rings. The van der Waals surface area contributed by atoms with E-state index in [4.69, 9.17) is 11.6 Å². The third-order valence-corrected chi connectivity index (χ3v) is 4.47. The number of anilines is 1. The second-order valence-corrected chi connectivity index (χ2v) is 6.62. The highest BCUT2D eigenvalue weighted by Crippen LogP contribution is 2.27. The van der Waals surface area contributed by atoms with Gasteiger partial charge in [0, 0.05) is 28.8 Å². The van der Waals surface area contributed by atoms with Crippen molar-refractivity contribution < 1.29 is 9.59 Å². The Morgan fingerprint density at radius 2 is 1.88 bits per heavy atom. The highest BCUT2D eigenvalue weighted by Gasteiger charge is 2.19. The van der Waals surface area contributed by atoms with Crippen LogP contribution in [0.3, 0.4) is 0 Å². The molecule has 0 bridgehead atoms. The molecule has 5 nitrogen and oxygen atoms in total. The Morgan fingerprint density at radius 3 is 2.56 bits per heavy atom. The summed E-state index contributed by atoms with van der Waals surface area (Å²) >= 11 is 9.50. The topological polar surface area (TPSA) is 64.0 Å². The Bertz CT molecular complexity index is 968. The minimum absolute atomic E-state index is 0.271. The summed E-state index contributed by atoms with van der Waals surface area (Å²) in [6.07, 6.45) is 1.53. The summed E-state index contributed by atoms with van der Waals surface area (Å²) in [4.78, 5) is 25.3. The number of rotatable bonds is 4. The minimum Gasteiger partial charge on any atom is -0.320 e. The molecule has 0 aliphatic carbocycles. The number of nitrogens with one attached hydrogen (secondary N) is 1. The molecule has 0 radical (unpaired) electrons. The maximum absolute atomic E-state index is 12.9. The number of carbonyl (C=O) groups is 2. The van der Waals surface area contributed by atoms with Crippen LogP contribution >= 0.6 is 27.5 Å². The van der Waals surface area contributed by atoms with Crippen LogP contribution in [0, 0.1) is 0 Å². The van der Waals surface area contributed by atoms with E-state index in [-0.39, 0.29) is 11.7 Å². The summed E-state index contributed by atoms with van der Waals surface area (Å²) in [6, 6.07) is 13.5.